The standard InChI is InChI=1S/C17H20BrNO8S/c1-9(20)26-17-14(21)15(10-4-5-12(24-2)13(8-10)25-3)27-16(17)11(18)6-7-19-28(22)23/h4-5,8,11,21,28H,6-7H2,1-3H3,(H,19,22,23). The summed E-state index contributed by atoms with van der Waals surface area (Å²) < 4.78 is 44.9. The van der Waals surface area contributed by atoms with Crippen molar-refractivity contribution < 1.29 is 36.9 Å². The molecule has 1 atom stereocenters. The molecule has 1 unspecified atom stereocenters. The molecular weight excluding hydrogens is 458 g/mol. The lowest BCUT2D eigenvalue weighted by atomic mass is 10.1. The maximum Gasteiger partial charge on any atom is 0.308 e. The summed E-state index contributed by atoms with van der Waals surface area (Å²) >= 11 is 3.37. The van der Waals surface area contributed by atoms with Crippen LogP contribution in [0.25, 0.3) is 11.3 Å². The Morgan fingerprint density at radius 3 is 2.54 bits per heavy atom. The van der Waals surface area contributed by atoms with Crippen LogP contribution in [0.4, 0.5) is 0 Å². The largest absolute Gasteiger partial charge is 0.502 e. The number of nitrogens with one attached hydrogen (secondary N) is 1. The molecule has 0 aliphatic heterocycles. The minimum atomic E-state index is -2.73. The van der Waals surface area contributed by atoms with E-state index < -0.39 is 21.7 Å². The van der Waals surface area contributed by atoms with Gasteiger partial charge >= 0.3 is 5.97 Å². The molecule has 154 valence electrons. The Morgan fingerprint density at radius 2 is 1.96 bits per heavy atom. The van der Waals surface area contributed by atoms with Crippen molar-refractivity contribution in [3.05, 3.63) is 24.0 Å². The van der Waals surface area contributed by atoms with Gasteiger partial charge in [0.1, 0.15) is 0 Å². The number of thiol groups is 1. The summed E-state index contributed by atoms with van der Waals surface area (Å²) in [6.45, 7) is 1.32. The first-order valence-electron chi connectivity index (χ1n) is 8.06. The molecule has 2 rings (SSSR count). The van der Waals surface area contributed by atoms with E-state index in [-0.39, 0.29) is 36.0 Å². The fraction of sp³-hybridized carbons (Fsp3) is 0.353. The normalized spacial score (nSPS) is 12.0. The van der Waals surface area contributed by atoms with Crippen LogP contribution in [0.1, 0.15) is 23.9 Å². The number of benzene rings is 1. The van der Waals surface area contributed by atoms with E-state index in [0.29, 0.717) is 17.1 Å². The monoisotopic (exact) mass is 477 g/mol. The molecule has 28 heavy (non-hydrogen) atoms. The fourth-order valence-corrected chi connectivity index (χ4v) is 3.30. The van der Waals surface area contributed by atoms with Gasteiger partial charge in [0, 0.05) is 19.0 Å². The molecule has 11 heteroatoms. The van der Waals surface area contributed by atoms with Crippen LogP contribution in [-0.2, 0) is 15.7 Å². The maximum atomic E-state index is 11.5. The Hall–Kier alpha value is -2.24. The predicted molar refractivity (Wildman–Crippen MR) is 105 cm³/mol. The van der Waals surface area contributed by atoms with Crippen molar-refractivity contribution in [2.75, 3.05) is 20.8 Å². The number of ether oxygens (including phenoxy) is 3. The van der Waals surface area contributed by atoms with Crippen molar-refractivity contribution in [2.45, 2.75) is 18.2 Å². The Labute approximate surface area is 171 Å². The maximum absolute atomic E-state index is 11.5. The van der Waals surface area contributed by atoms with Crippen LogP contribution in [0.5, 0.6) is 23.0 Å². The van der Waals surface area contributed by atoms with Gasteiger partial charge in [-0.1, -0.05) is 15.9 Å². The van der Waals surface area contributed by atoms with Gasteiger partial charge in [0.15, 0.2) is 23.0 Å². The number of halogens is 1. The second-order valence-corrected chi connectivity index (χ2v) is 7.49. The van der Waals surface area contributed by atoms with Gasteiger partial charge in [-0.3, -0.25) is 4.79 Å². The number of methoxy groups -OCH3 is 2. The summed E-state index contributed by atoms with van der Waals surface area (Å²) in [5.74, 6) is 0.00567. The van der Waals surface area contributed by atoms with Crippen molar-refractivity contribution in [1.29, 1.82) is 0 Å². The molecule has 0 radical (unpaired) electrons. The average molecular weight is 478 g/mol. The number of carbonyl (C=O) groups excluding carboxylic acids is 1. The predicted octanol–water partition coefficient (Wildman–Crippen LogP) is 2.54. The lowest BCUT2D eigenvalue weighted by Crippen LogP contribution is -2.14. The summed E-state index contributed by atoms with van der Waals surface area (Å²) in [6, 6.07) is 4.89. The number of carbonyl (C=O) groups is 1. The van der Waals surface area contributed by atoms with Gasteiger partial charge in [-0.15, -0.1) is 0 Å². The number of hydrogen-bond acceptors (Lipinski definition) is 8. The van der Waals surface area contributed by atoms with Crippen LogP contribution >= 0.6 is 15.9 Å². The molecule has 2 aromatic rings. The van der Waals surface area contributed by atoms with E-state index in [9.17, 15) is 18.3 Å². The van der Waals surface area contributed by atoms with Crippen molar-refractivity contribution in [3.63, 3.8) is 0 Å². The summed E-state index contributed by atoms with van der Waals surface area (Å²) in [6.07, 6.45) is 0.288. The van der Waals surface area contributed by atoms with Crippen LogP contribution in [0.2, 0.25) is 0 Å². The van der Waals surface area contributed by atoms with E-state index in [1.165, 1.54) is 21.1 Å². The molecule has 1 aromatic carbocycles. The minimum absolute atomic E-state index is 0.0690. The highest BCUT2D eigenvalue weighted by Crippen LogP contribution is 2.49. The molecule has 2 N–H and O–H groups in total. The number of rotatable bonds is 9. The highest BCUT2D eigenvalue weighted by Gasteiger charge is 2.28. The van der Waals surface area contributed by atoms with Crippen LogP contribution in [0.3, 0.4) is 0 Å². The Kier molecular flexibility index (Phi) is 7.72. The minimum Gasteiger partial charge on any atom is -0.502 e. The molecule has 0 amide bonds. The first-order chi connectivity index (χ1) is 13.3. The van der Waals surface area contributed by atoms with Gasteiger partial charge in [-0.2, -0.15) is 0 Å². The molecule has 0 aliphatic carbocycles. The van der Waals surface area contributed by atoms with Crippen LogP contribution in [0.15, 0.2) is 22.6 Å². The molecule has 9 nitrogen and oxygen atoms in total. The van der Waals surface area contributed by atoms with Gasteiger partial charge in [0.2, 0.25) is 22.4 Å². The van der Waals surface area contributed by atoms with Gasteiger partial charge in [-0.05, 0) is 24.6 Å². The Balaban J connectivity index is 2.46. The van der Waals surface area contributed by atoms with Crippen LogP contribution < -0.4 is 18.9 Å². The van der Waals surface area contributed by atoms with Gasteiger partial charge in [0.05, 0.1) is 19.0 Å². The lowest BCUT2D eigenvalue weighted by Gasteiger charge is -2.09. The van der Waals surface area contributed by atoms with Gasteiger partial charge in [-0.25, -0.2) is 13.1 Å². The van der Waals surface area contributed by atoms with Crippen molar-refractivity contribution in [1.82, 2.24) is 4.72 Å². The zero-order valence-corrected chi connectivity index (χ0v) is 17.8. The zero-order chi connectivity index (χ0) is 20.8. The van der Waals surface area contributed by atoms with Crippen molar-refractivity contribution in [2.24, 2.45) is 0 Å². The highest BCUT2D eigenvalue weighted by atomic mass is 79.9. The second kappa shape index (κ2) is 9.80. The fourth-order valence-electron chi connectivity index (χ4n) is 2.46. The molecule has 0 fully saturated rings. The zero-order valence-electron chi connectivity index (χ0n) is 15.4. The number of aromatic hydroxyl groups is 1. The smallest absolute Gasteiger partial charge is 0.308 e. The van der Waals surface area contributed by atoms with Crippen LogP contribution in [0, 0.1) is 0 Å². The number of furan rings is 1. The van der Waals surface area contributed by atoms with Crippen LogP contribution in [-0.4, -0.2) is 40.3 Å². The SMILES string of the molecule is COc1ccc(-c2oc(C(Br)CCN[SH](=O)=O)c(OC(C)=O)c2O)cc1OC. The highest BCUT2D eigenvalue weighted by molar-refractivity contribution is 9.09. The van der Waals surface area contributed by atoms with E-state index in [1.54, 1.807) is 18.2 Å². The summed E-state index contributed by atoms with van der Waals surface area (Å²) in [7, 11) is 0.241. The van der Waals surface area contributed by atoms with E-state index in [2.05, 4.69) is 20.7 Å². The molecule has 0 saturated carbocycles. The molecule has 1 heterocycles. The third-order valence-corrected chi connectivity index (χ3v) is 5.04. The summed E-state index contributed by atoms with van der Waals surface area (Å²) in [5, 5.41) is 10.6. The number of alkyl halides is 1. The van der Waals surface area contributed by atoms with E-state index >= 15 is 0 Å². The molecule has 0 saturated heterocycles. The quantitative estimate of drug-likeness (QED) is 0.286. The average Bonchev–Trinajstić information content (AvgIpc) is 2.96. The van der Waals surface area contributed by atoms with E-state index in [1.807, 2.05) is 0 Å². The van der Waals surface area contributed by atoms with Crippen molar-refractivity contribution >= 4 is 32.8 Å². The first kappa shape index (κ1) is 22.1. The second-order valence-electron chi connectivity index (χ2n) is 5.56. The Morgan fingerprint density at radius 1 is 1.29 bits per heavy atom. The van der Waals surface area contributed by atoms with Gasteiger partial charge in [0.25, 0.3) is 0 Å². The lowest BCUT2D eigenvalue weighted by molar-refractivity contribution is -0.132. The first-order valence-corrected chi connectivity index (χ1v) is 10.2. The third kappa shape index (κ3) is 5.18. The molecule has 1 aromatic heterocycles. The molecule has 0 bridgehead atoms. The van der Waals surface area contributed by atoms with Gasteiger partial charge < -0.3 is 23.7 Å². The molecule has 0 aliphatic rings. The summed E-state index contributed by atoms with van der Waals surface area (Å²) in [4.78, 5) is 10.9. The van der Waals surface area contributed by atoms with E-state index in [4.69, 9.17) is 18.6 Å². The van der Waals surface area contributed by atoms with Crippen molar-refractivity contribution in [3.8, 4) is 34.3 Å². The van der Waals surface area contributed by atoms with E-state index in [0.717, 1.165) is 0 Å². The number of esters is 1. The third-order valence-electron chi connectivity index (χ3n) is 3.68. The Bertz CT molecular complexity index is 916. The number of hydrogen-bond donors (Lipinski definition) is 3. The summed E-state index contributed by atoms with van der Waals surface area (Å²) in [5.41, 5.74) is 0.468. The molecule has 0 spiro atoms. The topological polar surface area (TPSA) is 124 Å². The molecular formula is C17H20BrNO8S.